The second kappa shape index (κ2) is 5.31. The Balaban J connectivity index is 2.79. The molecule has 102 valence electrons. The number of nitro groups is 1. The van der Waals surface area contributed by atoms with E-state index in [1.54, 1.807) is 0 Å². The van der Waals surface area contributed by atoms with E-state index in [1.165, 1.54) is 12.1 Å². The molecule has 1 aromatic carbocycles. The fourth-order valence-electron chi connectivity index (χ4n) is 1.80. The molecule has 7 heteroatoms. The number of fused-ring (bicyclic) bond motifs is 1. The summed E-state index contributed by atoms with van der Waals surface area (Å²) in [6, 6.07) is 4.88. The maximum absolute atomic E-state index is 11.0. The molecule has 0 atom stereocenters. The van der Waals surface area contributed by atoms with Crippen LogP contribution in [-0.2, 0) is 0 Å². The molecule has 2 rings (SSSR count). The minimum absolute atomic E-state index is 0.128. The van der Waals surface area contributed by atoms with Crippen LogP contribution in [0.2, 0.25) is 5.15 Å². The number of aromatic nitrogens is 1. The van der Waals surface area contributed by atoms with Crippen LogP contribution in [-0.4, -0.2) is 16.0 Å². The van der Waals surface area contributed by atoms with Gasteiger partial charge in [-0.25, -0.2) is 4.98 Å². The summed E-state index contributed by atoms with van der Waals surface area (Å²) in [6.45, 7) is 3.64. The number of nitriles is 1. The Hall–Kier alpha value is -2.39. The van der Waals surface area contributed by atoms with Crippen molar-refractivity contribution in [2.24, 2.45) is 0 Å². The second-order valence-corrected chi connectivity index (χ2v) is 4.72. The molecule has 0 saturated carbocycles. The number of halogens is 1. The molecule has 0 spiro atoms. The third-order valence-corrected chi connectivity index (χ3v) is 2.90. The minimum atomic E-state index is -0.560. The van der Waals surface area contributed by atoms with Gasteiger partial charge in [-0.05, 0) is 26.0 Å². The largest absolute Gasteiger partial charge is 0.490 e. The fourth-order valence-corrected chi connectivity index (χ4v) is 2.01. The molecule has 0 amide bonds. The molecule has 1 heterocycles. The lowest BCUT2D eigenvalue weighted by Crippen LogP contribution is -2.07. The Bertz CT molecular complexity index is 738. The summed E-state index contributed by atoms with van der Waals surface area (Å²) in [5, 5.41) is 20.9. The van der Waals surface area contributed by atoms with Crippen molar-refractivity contribution >= 4 is 28.1 Å². The average Bonchev–Trinajstić information content (AvgIpc) is 2.38. The van der Waals surface area contributed by atoms with Crippen molar-refractivity contribution in [2.45, 2.75) is 20.0 Å². The number of pyridine rings is 1. The molecule has 0 fully saturated rings. The number of rotatable bonds is 3. The standard InChI is InChI=1S/C13H10ClN3O3/c1-7(2)20-12-4-10-9(3-8(12)5-15)11(17(18)19)6-16-13(10)14/h3-4,6-7H,1-2H3. The van der Waals surface area contributed by atoms with Crippen molar-refractivity contribution in [1.29, 1.82) is 5.26 Å². The van der Waals surface area contributed by atoms with Gasteiger partial charge in [0, 0.05) is 5.39 Å². The van der Waals surface area contributed by atoms with E-state index < -0.39 is 4.92 Å². The van der Waals surface area contributed by atoms with Crippen LogP contribution < -0.4 is 4.74 Å². The molecular formula is C13H10ClN3O3. The Morgan fingerprint density at radius 2 is 2.15 bits per heavy atom. The molecule has 0 unspecified atom stereocenters. The second-order valence-electron chi connectivity index (χ2n) is 4.36. The van der Waals surface area contributed by atoms with Gasteiger partial charge in [-0.15, -0.1) is 0 Å². The molecule has 0 aliphatic heterocycles. The van der Waals surface area contributed by atoms with Crippen molar-refractivity contribution in [2.75, 3.05) is 0 Å². The maximum atomic E-state index is 11.0. The summed E-state index contributed by atoms with van der Waals surface area (Å²) >= 11 is 5.97. The topological polar surface area (TPSA) is 89.1 Å². The third kappa shape index (κ3) is 2.49. The molecule has 0 aliphatic rings. The van der Waals surface area contributed by atoms with Gasteiger partial charge in [0.2, 0.25) is 0 Å². The molecule has 0 radical (unpaired) electrons. The molecule has 0 N–H and O–H groups in total. The quantitative estimate of drug-likeness (QED) is 0.491. The number of hydrogen-bond donors (Lipinski definition) is 0. The Kier molecular flexibility index (Phi) is 3.72. The van der Waals surface area contributed by atoms with Gasteiger partial charge >= 0.3 is 0 Å². The third-order valence-electron chi connectivity index (χ3n) is 2.60. The first-order chi connectivity index (χ1) is 9.43. The SMILES string of the molecule is CC(C)Oc1cc2c(Cl)ncc([N+](=O)[O-])c2cc1C#N. The summed E-state index contributed by atoms with van der Waals surface area (Å²) in [7, 11) is 0. The summed E-state index contributed by atoms with van der Waals surface area (Å²) in [5.41, 5.74) is 0.0218. The Morgan fingerprint density at radius 1 is 1.45 bits per heavy atom. The van der Waals surface area contributed by atoms with Gasteiger partial charge in [0.25, 0.3) is 5.69 Å². The highest BCUT2D eigenvalue weighted by molar-refractivity contribution is 6.34. The first kappa shape index (κ1) is 14.0. The molecule has 0 saturated heterocycles. The lowest BCUT2D eigenvalue weighted by molar-refractivity contribution is -0.383. The summed E-state index contributed by atoms with van der Waals surface area (Å²) in [4.78, 5) is 14.2. The average molecular weight is 292 g/mol. The van der Waals surface area contributed by atoms with E-state index >= 15 is 0 Å². The molecule has 1 aromatic heterocycles. The van der Waals surface area contributed by atoms with Crippen molar-refractivity contribution in [3.8, 4) is 11.8 Å². The lowest BCUT2D eigenvalue weighted by atomic mass is 10.1. The first-order valence-electron chi connectivity index (χ1n) is 5.77. The van der Waals surface area contributed by atoms with Crippen molar-refractivity contribution in [3.05, 3.63) is 39.2 Å². The number of benzene rings is 1. The van der Waals surface area contributed by atoms with Crippen LogP contribution in [0.4, 0.5) is 5.69 Å². The summed E-state index contributed by atoms with van der Waals surface area (Å²) in [5.74, 6) is 0.333. The first-order valence-corrected chi connectivity index (χ1v) is 6.15. The zero-order chi connectivity index (χ0) is 14.9. The minimum Gasteiger partial charge on any atom is -0.490 e. The lowest BCUT2D eigenvalue weighted by Gasteiger charge is -2.12. The van der Waals surface area contributed by atoms with Gasteiger partial charge in [0.15, 0.2) is 0 Å². The van der Waals surface area contributed by atoms with Gasteiger partial charge in [0.1, 0.15) is 23.2 Å². The molecular weight excluding hydrogens is 282 g/mol. The van der Waals surface area contributed by atoms with Crippen molar-refractivity contribution in [3.63, 3.8) is 0 Å². The highest BCUT2D eigenvalue weighted by atomic mass is 35.5. The van der Waals surface area contributed by atoms with Crippen LogP contribution in [0.25, 0.3) is 10.8 Å². The highest BCUT2D eigenvalue weighted by Gasteiger charge is 2.18. The van der Waals surface area contributed by atoms with Crippen LogP contribution in [0, 0.1) is 21.4 Å². The maximum Gasteiger partial charge on any atom is 0.295 e. The van der Waals surface area contributed by atoms with Gasteiger partial charge in [0.05, 0.1) is 22.0 Å². The number of ether oxygens (including phenoxy) is 1. The van der Waals surface area contributed by atoms with Crippen LogP contribution in [0.3, 0.4) is 0 Å². The van der Waals surface area contributed by atoms with Crippen molar-refractivity contribution in [1.82, 2.24) is 4.98 Å². The van der Waals surface area contributed by atoms with E-state index in [2.05, 4.69) is 4.98 Å². The number of nitrogens with zero attached hydrogens (tertiary/aromatic N) is 3. The normalized spacial score (nSPS) is 10.6. The van der Waals surface area contributed by atoms with Crippen LogP contribution >= 0.6 is 11.6 Å². The van der Waals surface area contributed by atoms with Crippen LogP contribution in [0.1, 0.15) is 19.4 Å². The predicted octanol–water partition coefficient (Wildman–Crippen LogP) is 3.46. The van der Waals surface area contributed by atoms with E-state index in [0.29, 0.717) is 11.1 Å². The highest BCUT2D eigenvalue weighted by Crippen LogP contribution is 2.34. The van der Waals surface area contributed by atoms with Gasteiger partial charge in [-0.2, -0.15) is 5.26 Å². The molecule has 6 nitrogen and oxygen atoms in total. The van der Waals surface area contributed by atoms with Gasteiger partial charge in [-0.1, -0.05) is 11.6 Å². The smallest absolute Gasteiger partial charge is 0.295 e. The molecule has 0 aliphatic carbocycles. The van der Waals surface area contributed by atoms with Gasteiger partial charge in [-0.3, -0.25) is 10.1 Å². The van der Waals surface area contributed by atoms with E-state index in [1.807, 2.05) is 19.9 Å². The molecule has 0 bridgehead atoms. The Morgan fingerprint density at radius 3 is 2.70 bits per heavy atom. The van der Waals surface area contributed by atoms with Crippen LogP contribution in [0.5, 0.6) is 5.75 Å². The van der Waals surface area contributed by atoms with E-state index in [4.69, 9.17) is 21.6 Å². The van der Waals surface area contributed by atoms with E-state index in [9.17, 15) is 10.1 Å². The van der Waals surface area contributed by atoms with Crippen molar-refractivity contribution < 1.29 is 9.66 Å². The monoisotopic (exact) mass is 291 g/mol. The zero-order valence-corrected chi connectivity index (χ0v) is 11.5. The van der Waals surface area contributed by atoms with E-state index in [0.717, 1.165) is 6.20 Å². The molecule has 20 heavy (non-hydrogen) atoms. The summed E-state index contributed by atoms with van der Waals surface area (Å²) in [6.07, 6.45) is 0.944. The summed E-state index contributed by atoms with van der Waals surface area (Å²) < 4.78 is 5.52. The predicted molar refractivity (Wildman–Crippen MR) is 73.9 cm³/mol. The van der Waals surface area contributed by atoms with E-state index in [-0.39, 0.29) is 27.9 Å². The molecule has 2 aromatic rings. The number of hydrogen-bond acceptors (Lipinski definition) is 5. The van der Waals surface area contributed by atoms with Crippen LogP contribution in [0.15, 0.2) is 18.3 Å². The zero-order valence-electron chi connectivity index (χ0n) is 10.8. The van der Waals surface area contributed by atoms with Gasteiger partial charge < -0.3 is 4.74 Å². The Labute approximate surface area is 119 Å². The fraction of sp³-hybridized carbons (Fsp3) is 0.231.